The Morgan fingerprint density at radius 2 is 1.89 bits per heavy atom. The van der Waals surface area contributed by atoms with E-state index < -0.39 is 51.0 Å². The maximum atomic E-state index is 15.0. The third kappa shape index (κ3) is 5.03. The van der Waals surface area contributed by atoms with E-state index >= 15 is 4.39 Å². The summed E-state index contributed by atoms with van der Waals surface area (Å²) in [6.45, 7) is 5.35. The highest BCUT2D eigenvalue weighted by Gasteiger charge is 2.29. The van der Waals surface area contributed by atoms with Crippen LogP contribution >= 0.6 is 11.6 Å². The molecule has 0 aliphatic carbocycles. The van der Waals surface area contributed by atoms with Crippen molar-refractivity contribution in [2.75, 3.05) is 31.3 Å². The van der Waals surface area contributed by atoms with E-state index in [2.05, 4.69) is 0 Å². The minimum atomic E-state index is -1.42. The number of rotatable bonds is 6. The van der Waals surface area contributed by atoms with Crippen LogP contribution in [0, 0.1) is 17.0 Å². The third-order valence-electron chi connectivity index (χ3n) is 6.71. The Balaban J connectivity index is 1.85. The minimum Gasteiger partial charge on any atom is -0.477 e. The molecule has 2 N–H and O–H groups in total. The molecule has 8 nitrogen and oxygen atoms in total. The first-order valence-electron chi connectivity index (χ1n) is 11.9. The molecule has 0 radical (unpaired) electrons. The molecule has 1 aromatic heterocycles. The molecule has 0 saturated carbocycles. The van der Waals surface area contributed by atoms with Gasteiger partial charge < -0.3 is 24.4 Å². The number of aromatic nitrogens is 1. The predicted octanol–water partition coefficient (Wildman–Crippen LogP) is 4.16. The summed E-state index contributed by atoms with van der Waals surface area (Å²) >= 11 is 5.95. The maximum absolute atomic E-state index is 15.0. The summed E-state index contributed by atoms with van der Waals surface area (Å²) in [6, 6.07) is 5.34. The summed E-state index contributed by atoms with van der Waals surface area (Å²) in [7, 11) is 0. The van der Waals surface area contributed by atoms with Crippen molar-refractivity contribution in [3.63, 3.8) is 0 Å². The predicted molar refractivity (Wildman–Crippen MR) is 138 cm³/mol. The van der Waals surface area contributed by atoms with Crippen LogP contribution in [0.15, 0.2) is 35.3 Å². The Morgan fingerprint density at radius 1 is 1.18 bits per heavy atom. The quantitative estimate of drug-likeness (QED) is 0.448. The van der Waals surface area contributed by atoms with Gasteiger partial charge in [0, 0.05) is 24.5 Å². The van der Waals surface area contributed by atoms with Gasteiger partial charge in [-0.15, -0.1) is 0 Å². The first-order chi connectivity index (χ1) is 17.8. The lowest BCUT2D eigenvalue weighted by Crippen LogP contribution is -2.42. The minimum absolute atomic E-state index is 0.0114. The molecule has 1 amide bonds. The number of pyridine rings is 1. The molecule has 4 rings (SSSR count). The van der Waals surface area contributed by atoms with Gasteiger partial charge in [0.2, 0.25) is 5.43 Å². The molecule has 202 valence electrons. The van der Waals surface area contributed by atoms with Gasteiger partial charge in [-0.1, -0.05) is 38.4 Å². The number of hydrogen-bond acceptors (Lipinski definition) is 5. The summed E-state index contributed by atoms with van der Waals surface area (Å²) in [5.74, 6) is -3.97. The van der Waals surface area contributed by atoms with E-state index in [4.69, 9.17) is 16.3 Å². The number of morpholine rings is 1. The monoisotopic (exact) mass is 548 g/mol. The second kappa shape index (κ2) is 10.4. The zero-order valence-electron chi connectivity index (χ0n) is 21.1. The van der Waals surface area contributed by atoms with E-state index in [1.165, 1.54) is 18.3 Å². The lowest BCUT2D eigenvalue weighted by molar-refractivity contribution is -0.125. The number of carbonyl (C=O) groups is 2. The molecule has 11 heteroatoms. The molecule has 0 spiro atoms. The number of carboxylic acids is 1. The molecular weight excluding hydrogens is 522 g/mol. The van der Waals surface area contributed by atoms with Crippen molar-refractivity contribution in [2.24, 2.45) is 5.41 Å². The number of carbonyl (C=O) groups excluding carboxylic acids is 1. The molecule has 1 atom stereocenters. The number of aromatic carboxylic acids is 1. The number of aliphatic hydroxyl groups excluding tert-OH is 1. The van der Waals surface area contributed by atoms with Crippen LogP contribution in [0.3, 0.4) is 0 Å². The zero-order valence-corrected chi connectivity index (χ0v) is 21.8. The topological polar surface area (TPSA) is 109 Å². The van der Waals surface area contributed by atoms with Gasteiger partial charge in [-0.2, -0.15) is 0 Å². The van der Waals surface area contributed by atoms with Gasteiger partial charge in [0.05, 0.1) is 30.5 Å². The summed E-state index contributed by atoms with van der Waals surface area (Å²) in [5.41, 5.74) is -1.03. The summed E-state index contributed by atoms with van der Waals surface area (Å²) in [4.78, 5) is 38.4. The molecular formula is C27H27ClF2N2O6. The van der Waals surface area contributed by atoms with Crippen molar-refractivity contribution in [3.8, 4) is 0 Å². The Morgan fingerprint density at radius 3 is 2.50 bits per heavy atom. The standard InChI is InChI=1S/C27H27ClF2N2O6/c1-27(2,3)20(12-33)32-11-17(26(36)37)25(35)16-9-14(4-5-18(16)32)8-15-10-19(24(30)22(28)23(15)29)31-6-7-38-13-21(31)34/h4-5,9-11,20,33H,6-8,12-13H2,1-3H3,(H,36,37). The average Bonchev–Trinajstić information content (AvgIpc) is 2.85. The average molecular weight is 549 g/mol. The number of aliphatic hydroxyl groups is 1. The summed E-state index contributed by atoms with van der Waals surface area (Å²) in [6.07, 6.45) is 1.11. The smallest absolute Gasteiger partial charge is 0.341 e. The fraction of sp³-hybridized carbons (Fsp3) is 0.370. The Hall–Kier alpha value is -3.34. The number of benzene rings is 2. The van der Waals surface area contributed by atoms with E-state index in [1.807, 2.05) is 20.8 Å². The summed E-state index contributed by atoms with van der Waals surface area (Å²) in [5, 5.41) is 19.1. The van der Waals surface area contributed by atoms with Crippen molar-refractivity contribution in [3.05, 3.63) is 74.0 Å². The second-order valence-electron chi connectivity index (χ2n) is 10.3. The third-order valence-corrected chi connectivity index (χ3v) is 7.04. The van der Waals surface area contributed by atoms with Crippen LogP contribution in [0.4, 0.5) is 14.5 Å². The maximum Gasteiger partial charge on any atom is 0.341 e. The van der Waals surface area contributed by atoms with Gasteiger partial charge in [0.25, 0.3) is 5.91 Å². The van der Waals surface area contributed by atoms with Crippen molar-refractivity contribution in [1.29, 1.82) is 0 Å². The molecule has 3 aromatic rings. The molecule has 1 aliphatic heterocycles. The van der Waals surface area contributed by atoms with E-state index in [1.54, 1.807) is 16.7 Å². The number of amides is 1. The molecule has 1 aliphatic rings. The van der Waals surface area contributed by atoms with Gasteiger partial charge >= 0.3 is 5.97 Å². The second-order valence-corrected chi connectivity index (χ2v) is 10.6. The Kier molecular flexibility index (Phi) is 7.60. The number of hydrogen-bond donors (Lipinski definition) is 2. The van der Waals surface area contributed by atoms with Crippen LogP contribution in [-0.2, 0) is 16.0 Å². The van der Waals surface area contributed by atoms with Crippen LogP contribution < -0.4 is 10.3 Å². The highest BCUT2D eigenvalue weighted by molar-refractivity contribution is 6.31. The fourth-order valence-corrected chi connectivity index (χ4v) is 4.88. The van der Waals surface area contributed by atoms with Crippen molar-refractivity contribution in [2.45, 2.75) is 33.2 Å². The number of nitrogens with zero attached hydrogens (tertiary/aromatic N) is 2. The van der Waals surface area contributed by atoms with Crippen molar-refractivity contribution in [1.82, 2.24) is 4.57 Å². The Bertz CT molecular complexity index is 1500. The van der Waals surface area contributed by atoms with Crippen molar-refractivity contribution >= 4 is 40.1 Å². The number of carboxylic acid groups (broad SMARTS) is 1. The molecule has 0 bridgehead atoms. The number of anilines is 1. The normalized spacial score (nSPS) is 15.2. The van der Waals surface area contributed by atoms with Crippen LogP contribution in [-0.4, -0.2) is 53.0 Å². The SMILES string of the molecule is CC(C)(C)C(CO)n1cc(C(=O)O)c(=O)c2cc(Cc3cc(N4CCOCC4=O)c(F)c(Cl)c3F)ccc21. The van der Waals surface area contributed by atoms with E-state index in [-0.39, 0.29) is 49.4 Å². The van der Waals surface area contributed by atoms with E-state index in [0.717, 1.165) is 4.90 Å². The highest BCUT2D eigenvalue weighted by Crippen LogP contribution is 2.35. The lowest BCUT2D eigenvalue weighted by Gasteiger charge is -2.32. The largest absolute Gasteiger partial charge is 0.477 e. The van der Waals surface area contributed by atoms with Crippen LogP contribution in [0.5, 0.6) is 0 Å². The zero-order chi connectivity index (χ0) is 27.9. The first-order valence-corrected chi connectivity index (χ1v) is 12.3. The molecule has 1 unspecified atom stereocenters. The van der Waals surface area contributed by atoms with Crippen LogP contribution in [0.2, 0.25) is 5.02 Å². The van der Waals surface area contributed by atoms with Gasteiger partial charge in [-0.25, -0.2) is 13.6 Å². The number of fused-ring (bicyclic) bond motifs is 1. The van der Waals surface area contributed by atoms with Gasteiger partial charge in [-0.05, 0) is 34.7 Å². The number of ether oxygens (including phenoxy) is 1. The summed E-state index contributed by atoms with van der Waals surface area (Å²) < 4.78 is 36.5. The molecule has 1 fully saturated rings. The molecule has 2 aromatic carbocycles. The Labute approximate surface area is 222 Å². The van der Waals surface area contributed by atoms with Crippen LogP contribution in [0.25, 0.3) is 10.9 Å². The molecule has 2 heterocycles. The molecule has 1 saturated heterocycles. The van der Waals surface area contributed by atoms with Gasteiger partial charge in [-0.3, -0.25) is 9.59 Å². The first kappa shape index (κ1) is 27.7. The van der Waals surface area contributed by atoms with Crippen LogP contribution in [0.1, 0.15) is 48.3 Å². The fourth-order valence-electron chi connectivity index (χ4n) is 4.66. The van der Waals surface area contributed by atoms with E-state index in [0.29, 0.717) is 11.1 Å². The van der Waals surface area contributed by atoms with Gasteiger partial charge in [0.1, 0.15) is 23.0 Å². The van der Waals surface area contributed by atoms with E-state index in [9.17, 15) is 29.0 Å². The molecule has 38 heavy (non-hydrogen) atoms. The van der Waals surface area contributed by atoms with Gasteiger partial charge in [0.15, 0.2) is 5.82 Å². The number of halogens is 3. The van der Waals surface area contributed by atoms with Crippen molar-refractivity contribution < 1.29 is 33.3 Å². The lowest BCUT2D eigenvalue weighted by atomic mass is 9.86. The highest BCUT2D eigenvalue weighted by atomic mass is 35.5.